The number of aliphatic hydroxyl groups excluding tert-OH is 1. The molecule has 0 saturated heterocycles. The summed E-state index contributed by atoms with van der Waals surface area (Å²) in [6.07, 6.45) is 17.1. The molecule has 1 aromatic carbocycles. The lowest BCUT2D eigenvalue weighted by molar-refractivity contribution is 0.127. The molecular formula is C27H38O3. The van der Waals surface area contributed by atoms with E-state index in [1.165, 1.54) is 11.1 Å². The Morgan fingerprint density at radius 2 is 1.57 bits per heavy atom. The highest BCUT2D eigenvalue weighted by molar-refractivity contribution is 5.65. The lowest BCUT2D eigenvalue weighted by Crippen LogP contribution is -2.32. The minimum absolute atomic E-state index is 0.155. The minimum atomic E-state index is -0.317. The van der Waals surface area contributed by atoms with Crippen molar-refractivity contribution >= 4 is 6.08 Å². The van der Waals surface area contributed by atoms with Crippen LogP contribution in [0, 0.1) is 6.92 Å². The number of benzene rings is 1. The Morgan fingerprint density at radius 1 is 0.967 bits per heavy atom. The number of aromatic hydroxyl groups is 1. The van der Waals surface area contributed by atoms with Crippen LogP contribution in [-0.4, -0.2) is 22.4 Å². The van der Waals surface area contributed by atoms with Crippen molar-refractivity contribution in [3.8, 4) is 11.5 Å². The summed E-state index contributed by atoms with van der Waals surface area (Å²) in [7, 11) is 0. The number of hydrogen-bond donors (Lipinski definition) is 2. The van der Waals surface area contributed by atoms with Crippen molar-refractivity contribution in [3.05, 3.63) is 64.3 Å². The summed E-state index contributed by atoms with van der Waals surface area (Å²) in [6.45, 7) is 10.6. The van der Waals surface area contributed by atoms with Gasteiger partial charge in [0.05, 0.1) is 6.61 Å². The standard InChI is InChI=1S/C27H38O3/c1-20(11-7-12-22(3)19-28)9-6-10-21(2)13-8-15-27(5)16-14-24-18-25(29)17-23(4)26(24)30-27/h9,12-14,16-18,28-29H,6-8,10-11,15,19H2,1-5H3. The average Bonchev–Trinajstić information content (AvgIpc) is 2.68. The molecule has 0 fully saturated rings. The number of fused-ring (bicyclic) bond motifs is 1. The van der Waals surface area contributed by atoms with Gasteiger partial charge in [0.1, 0.15) is 17.1 Å². The molecule has 1 atom stereocenters. The van der Waals surface area contributed by atoms with Gasteiger partial charge in [-0.05, 0) is 96.9 Å². The molecule has 0 bridgehead atoms. The van der Waals surface area contributed by atoms with Gasteiger partial charge in [0.25, 0.3) is 0 Å². The summed E-state index contributed by atoms with van der Waals surface area (Å²) in [5.74, 6) is 1.16. The summed E-state index contributed by atoms with van der Waals surface area (Å²) in [5.41, 5.74) is 5.47. The van der Waals surface area contributed by atoms with Gasteiger partial charge >= 0.3 is 0 Å². The number of phenolic OH excluding ortho intramolecular Hbond substituents is 1. The van der Waals surface area contributed by atoms with Gasteiger partial charge in [0, 0.05) is 5.56 Å². The number of aliphatic hydroxyl groups is 1. The van der Waals surface area contributed by atoms with Crippen molar-refractivity contribution in [1.29, 1.82) is 0 Å². The maximum atomic E-state index is 9.77. The summed E-state index contributed by atoms with van der Waals surface area (Å²) in [4.78, 5) is 0. The number of phenols is 1. The van der Waals surface area contributed by atoms with Crippen LogP contribution in [0.4, 0.5) is 0 Å². The zero-order chi connectivity index (χ0) is 22.1. The average molecular weight is 411 g/mol. The maximum Gasteiger partial charge on any atom is 0.131 e. The second kappa shape index (κ2) is 11.2. The Morgan fingerprint density at radius 3 is 2.20 bits per heavy atom. The fourth-order valence-electron chi connectivity index (χ4n) is 3.68. The van der Waals surface area contributed by atoms with Gasteiger partial charge in [-0.2, -0.15) is 0 Å². The molecule has 1 unspecified atom stereocenters. The molecule has 0 aliphatic carbocycles. The Balaban J connectivity index is 1.79. The zero-order valence-electron chi connectivity index (χ0n) is 19.3. The van der Waals surface area contributed by atoms with Crippen molar-refractivity contribution in [3.63, 3.8) is 0 Å². The SMILES string of the molecule is CC(=CCCC(C)=CCCC(C)=CCCC1(C)C=Cc2cc(O)cc(C)c2O1)CO. The van der Waals surface area contributed by atoms with Crippen LogP contribution in [0.1, 0.15) is 77.3 Å². The molecular weight excluding hydrogens is 372 g/mol. The quantitative estimate of drug-likeness (QED) is 0.407. The topological polar surface area (TPSA) is 49.7 Å². The van der Waals surface area contributed by atoms with Crippen molar-refractivity contribution < 1.29 is 14.9 Å². The molecule has 1 heterocycles. The molecule has 0 aromatic heterocycles. The lowest BCUT2D eigenvalue weighted by Gasteiger charge is -2.32. The molecule has 0 amide bonds. The Hall–Kier alpha value is -2.26. The van der Waals surface area contributed by atoms with Crippen molar-refractivity contribution in [1.82, 2.24) is 0 Å². The predicted molar refractivity (Wildman–Crippen MR) is 127 cm³/mol. The second-order valence-electron chi connectivity index (χ2n) is 8.85. The number of aryl methyl sites for hydroxylation is 1. The predicted octanol–water partition coefficient (Wildman–Crippen LogP) is 7.04. The van der Waals surface area contributed by atoms with Gasteiger partial charge in [-0.1, -0.05) is 41.0 Å². The number of rotatable bonds is 10. The molecule has 3 heteroatoms. The molecule has 1 aromatic rings. The molecule has 0 saturated carbocycles. The highest BCUT2D eigenvalue weighted by Gasteiger charge is 2.27. The van der Waals surface area contributed by atoms with Crippen LogP contribution in [0.15, 0.2) is 53.2 Å². The van der Waals surface area contributed by atoms with Crippen molar-refractivity contribution in [2.75, 3.05) is 6.61 Å². The van der Waals surface area contributed by atoms with E-state index in [-0.39, 0.29) is 18.0 Å². The van der Waals surface area contributed by atoms with Crippen LogP contribution in [0.3, 0.4) is 0 Å². The van der Waals surface area contributed by atoms with E-state index in [4.69, 9.17) is 9.84 Å². The summed E-state index contributed by atoms with van der Waals surface area (Å²) in [6, 6.07) is 3.50. The van der Waals surface area contributed by atoms with Crippen LogP contribution in [-0.2, 0) is 0 Å². The highest BCUT2D eigenvalue weighted by Crippen LogP contribution is 2.38. The van der Waals surface area contributed by atoms with E-state index in [1.807, 2.05) is 13.8 Å². The van der Waals surface area contributed by atoms with Crippen molar-refractivity contribution in [2.45, 2.75) is 78.7 Å². The molecule has 164 valence electrons. The van der Waals surface area contributed by atoms with Crippen molar-refractivity contribution in [2.24, 2.45) is 0 Å². The van der Waals surface area contributed by atoms with E-state index in [1.54, 1.807) is 12.1 Å². The fraction of sp³-hybridized carbons (Fsp3) is 0.481. The largest absolute Gasteiger partial charge is 0.508 e. The van der Waals surface area contributed by atoms with E-state index in [0.717, 1.165) is 61.0 Å². The molecule has 3 nitrogen and oxygen atoms in total. The van der Waals surface area contributed by atoms with E-state index in [9.17, 15) is 5.11 Å². The normalized spacial score (nSPS) is 19.6. The smallest absolute Gasteiger partial charge is 0.131 e. The van der Waals surface area contributed by atoms with Crippen LogP contribution in [0.2, 0.25) is 0 Å². The van der Waals surface area contributed by atoms with Gasteiger partial charge in [-0.25, -0.2) is 0 Å². The summed E-state index contributed by atoms with van der Waals surface area (Å²) < 4.78 is 6.30. The Labute approximate surface area is 182 Å². The number of ether oxygens (including phenoxy) is 1. The first-order valence-electron chi connectivity index (χ1n) is 11.0. The van der Waals surface area contributed by atoms with E-state index < -0.39 is 0 Å². The lowest BCUT2D eigenvalue weighted by atomic mass is 9.93. The van der Waals surface area contributed by atoms with Crippen LogP contribution in [0.5, 0.6) is 11.5 Å². The van der Waals surface area contributed by atoms with Gasteiger partial charge in [-0.3, -0.25) is 0 Å². The Bertz CT molecular complexity index is 842. The molecule has 2 rings (SSSR count). The molecule has 30 heavy (non-hydrogen) atoms. The monoisotopic (exact) mass is 410 g/mol. The van der Waals surface area contributed by atoms with E-state index in [2.05, 4.69) is 51.2 Å². The molecule has 0 spiro atoms. The molecule has 1 aliphatic rings. The van der Waals surface area contributed by atoms with E-state index >= 15 is 0 Å². The van der Waals surface area contributed by atoms with Gasteiger partial charge in [-0.15, -0.1) is 0 Å². The highest BCUT2D eigenvalue weighted by atomic mass is 16.5. The minimum Gasteiger partial charge on any atom is -0.508 e. The van der Waals surface area contributed by atoms with Gasteiger partial charge in [0.15, 0.2) is 0 Å². The number of allylic oxidation sites excluding steroid dienone is 5. The van der Waals surface area contributed by atoms with Gasteiger partial charge in [0.2, 0.25) is 0 Å². The first-order valence-corrected chi connectivity index (χ1v) is 11.0. The maximum absolute atomic E-state index is 9.77. The molecule has 0 radical (unpaired) electrons. The van der Waals surface area contributed by atoms with E-state index in [0.29, 0.717) is 0 Å². The fourth-order valence-corrected chi connectivity index (χ4v) is 3.68. The number of hydrogen-bond acceptors (Lipinski definition) is 3. The third kappa shape index (κ3) is 7.53. The first-order chi connectivity index (χ1) is 14.2. The summed E-state index contributed by atoms with van der Waals surface area (Å²) in [5, 5.41) is 18.8. The third-order valence-corrected chi connectivity index (χ3v) is 5.68. The van der Waals surface area contributed by atoms with Crippen LogP contribution in [0.25, 0.3) is 6.08 Å². The van der Waals surface area contributed by atoms with Gasteiger partial charge < -0.3 is 14.9 Å². The third-order valence-electron chi connectivity index (χ3n) is 5.68. The molecule has 2 N–H and O–H groups in total. The Kier molecular flexibility index (Phi) is 8.98. The molecule has 1 aliphatic heterocycles. The first kappa shape index (κ1) is 24.0. The van der Waals surface area contributed by atoms with Crippen LogP contribution >= 0.6 is 0 Å². The van der Waals surface area contributed by atoms with Crippen LogP contribution < -0.4 is 4.74 Å². The summed E-state index contributed by atoms with van der Waals surface area (Å²) >= 11 is 0. The zero-order valence-corrected chi connectivity index (χ0v) is 19.3. The second-order valence-corrected chi connectivity index (χ2v) is 8.85.